The van der Waals surface area contributed by atoms with Gasteiger partial charge in [-0.3, -0.25) is 14.4 Å². The molecule has 1 unspecified atom stereocenters. The van der Waals surface area contributed by atoms with E-state index in [4.69, 9.17) is 9.84 Å². The second-order valence-electron chi connectivity index (χ2n) is 3.64. The highest BCUT2D eigenvalue weighted by atomic mass is 16.5. The lowest BCUT2D eigenvalue weighted by Crippen LogP contribution is -2.15. The first-order valence-corrected chi connectivity index (χ1v) is 5.38. The molecule has 0 fully saturated rings. The fourth-order valence-electron chi connectivity index (χ4n) is 0.979. The maximum atomic E-state index is 11.2. The smallest absolute Gasteiger partial charge is 0.306 e. The molecule has 1 atom stereocenters. The molecule has 0 spiro atoms. The van der Waals surface area contributed by atoms with Crippen molar-refractivity contribution in [3.63, 3.8) is 0 Å². The molecular formula is C11H18O5. The Kier molecular flexibility index (Phi) is 7.16. The lowest BCUT2D eigenvalue weighted by molar-refractivity contribution is -0.149. The topological polar surface area (TPSA) is 80.7 Å². The van der Waals surface area contributed by atoms with Crippen molar-refractivity contribution in [1.29, 1.82) is 0 Å². The summed E-state index contributed by atoms with van der Waals surface area (Å²) in [4.78, 5) is 32.5. The summed E-state index contributed by atoms with van der Waals surface area (Å²) < 4.78 is 4.97. The maximum Gasteiger partial charge on any atom is 0.306 e. The second-order valence-corrected chi connectivity index (χ2v) is 3.64. The van der Waals surface area contributed by atoms with Gasteiger partial charge in [-0.15, -0.1) is 0 Å². The van der Waals surface area contributed by atoms with Crippen molar-refractivity contribution in [2.75, 3.05) is 0 Å². The Morgan fingerprint density at radius 1 is 1.12 bits per heavy atom. The molecule has 0 aromatic carbocycles. The molecule has 0 aliphatic rings. The van der Waals surface area contributed by atoms with Crippen molar-refractivity contribution in [3.05, 3.63) is 0 Å². The van der Waals surface area contributed by atoms with E-state index >= 15 is 0 Å². The van der Waals surface area contributed by atoms with E-state index in [2.05, 4.69) is 0 Å². The third-order valence-corrected chi connectivity index (χ3v) is 2.13. The van der Waals surface area contributed by atoms with Crippen LogP contribution in [0.4, 0.5) is 0 Å². The zero-order valence-corrected chi connectivity index (χ0v) is 9.69. The van der Waals surface area contributed by atoms with Gasteiger partial charge < -0.3 is 9.84 Å². The van der Waals surface area contributed by atoms with Gasteiger partial charge in [0.25, 0.3) is 0 Å². The maximum absolute atomic E-state index is 11.2. The van der Waals surface area contributed by atoms with Gasteiger partial charge in [0.1, 0.15) is 5.78 Å². The number of carbonyl (C=O) groups excluding carboxylic acids is 2. The van der Waals surface area contributed by atoms with Crippen molar-refractivity contribution in [2.24, 2.45) is 0 Å². The standard InChI is InChI=1S/C11H18O5/c1-3-8(2)16-11(15)7-5-9(12)4-6-10(13)14/h8H,3-7H2,1-2H3,(H,13,14). The second kappa shape index (κ2) is 7.84. The molecule has 5 nitrogen and oxygen atoms in total. The number of carbonyl (C=O) groups is 3. The van der Waals surface area contributed by atoms with Crippen LogP contribution in [0.2, 0.25) is 0 Å². The van der Waals surface area contributed by atoms with Crippen LogP contribution in [0.5, 0.6) is 0 Å². The third kappa shape index (κ3) is 7.96. The monoisotopic (exact) mass is 230 g/mol. The molecule has 0 amide bonds. The summed E-state index contributed by atoms with van der Waals surface area (Å²) >= 11 is 0. The highest BCUT2D eigenvalue weighted by Crippen LogP contribution is 2.03. The van der Waals surface area contributed by atoms with Crippen molar-refractivity contribution in [1.82, 2.24) is 0 Å². The molecule has 0 radical (unpaired) electrons. The molecule has 0 aromatic rings. The number of rotatable bonds is 8. The molecule has 0 saturated carbocycles. The van der Waals surface area contributed by atoms with E-state index in [1.165, 1.54) is 0 Å². The van der Waals surface area contributed by atoms with Crippen molar-refractivity contribution >= 4 is 17.7 Å². The Morgan fingerprint density at radius 3 is 2.19 bits per heavy atom. The Hall–Kier alpha value is -1.39. The number of ketones is 1. The number of carboxylic acid groups (broad SMARTS) is 1. The largest absolute Gasteiger partial charge is 0.481 e. The average Bonchev–Trinajstić information content (AvgIpc) is 2.23. The number of hydrogen-bond acceptors (Lipinski definition) is 4. The molecule has 0 aliphatic carbocycles. The first-order valence-electron chi connectivity index (χ1n) is 5.38. The van der Waals surface area contributed by atoms with Crippen LogP contribution in [0.15, 0.2) is 0 Å². The summed E-state index contributed by atoms with van der Waals surface area (Å²) in [7, 11) is 0. The number of aliphatic carboxylic acids is 1. The van der Waals surface area contributed by atoms with Gasteiger partial charge in [0, 0.05) is 12.8 Å². The van der Waals surface area contributed by atoms with Crippen LogP contribution in [-0.2, 0) is 19.1 Å². The van der Waals surface area contributed by atoms with Gasteiger partial charge in [0.05, 0.1) is 18.9 Å². The van der Waals surface area contributed by atoms with Crippen LogP contribution in [0.25, 0.3) is 0 Å². The molecule has 0 bridgehead atoms. The lowest BCUT2D eigenvalue weighted by atomic mass is 10.1. The number of ether oxygens (including phenoxy) is 1. The van der Waals surface area contributed by atoms with Crippen LogP contribution in [-0.4, -0.2) is 28.9 Å². The Balaban J connectivity index is 3.67. The molecule has 0 aliphatic heterocycles. The van der Waals surface area contributed by atoms with Crippen LogP contribution in [0, 0.1) is 0 Å². The minimum atomic E-state index is -1.00. The summed E-state index contributed by atoms with van der Waals surface area (Å²) in [6.45, 7) is 3.68. The van der Waals surface area contributed by atoms with Gasteiger partial charge in [0.2, 0.25) is 0 Å². The van der Waals surface area contributed by atoms with Gasteiger partial charge >= 0.3 is 11.9 Å². The molecule has 92 valence electrons. The van der Waals surface area contributed by atoms with E-state index < -0.39 is 11.9 Å². The Bertz CT molecular complexity index is 259. The normalized spacial score (nSPS) is 11.9. The van der Waals surface area contributed by atoms with Gasteiger partial charge in [-0.2, -0.15) is 0 Å². The SMILES string of the molecule is CCC(C)OC(=O)CCC(=O)CCC(=O)O. The molecule has 0 saturated heterocycles. The molecule has 0 rings (SSSR count). The molecule has 1 N–H and O–H groups in total. The van der Waals surface area contributed by atoms with Crippen LogP contribution in [0.3, 0.4) is 0 Å². The molecule has 0 aromatic heterocycles. The van der Waals surface area contributed by atoms with Gasteiger partial charge in [-0.1, -0.05) is 6.92 Å². The fourth-order valence-corrected chi connectivity index (χ4v) is 0.979. The Morgan fingerprint density at radius 2 is 1.69 bits per heavy atom. The quantitative estimate of drug-likeness (QED) is 0.640. The lowest BCUT2D eigenvalue weighted by Gasteiger charge is -2.10. The number of carboxylic acids is 1. The molecule has 0 heterocycles. The van der Waals surface area contributed by atoms with E-state index in [1.54, 1.807) is 6.92 Å². The van der Waals surface area contributed by atoms with Gasteiger partial charge in [-0.25, -0.2) is 0 Å². The Labute approximate surface area is 94.8 Å². The van der Waals surface area contributed by atoms with Crippen LogP contribution in [0.1, 0.15) is 46.0 Å². The summed E-state index contributed by atoms with van der Waals surface area (Å²) in [6, 6.07) is 0. The van der Waals surface area contributed by atoms with Gasteiger partial charge in [0.15, 0.2) is 0 Å². The third-order valence-electron chi connectivity index (χ3n) is 2.13. The minimum absolute atomic E-state index is 0.0219. The van der Waals surface area contributed by atoms with E-state index in [-0.39, 0.29) is 37.6 Å². The first kappa shape index (κ1) is 14.6. The fraction of sp³-hybridized carbons (Fsp3) is 0.727. The number of hydrogen-bond donors (Lipinski definition) is 1. The summed E-state index contributed by atoms with van der Waals surface area (Å²) in [5.41, 5.74) is 0. The highest BCUT2D eigenvalue weighted by Gasteiger charge is 2.11. The van der Waals surface area contributed by atoms with Crippen molar-refractivity contribution in [3.8, 4) is 0 Å². The first-order chi connectivity index (χ1) is 7.45. The van der Waals surface area contributed by atoms with Crippen LogP contribution >= 0.6 is 0 Å². The van der Waals surface area contributed by atoms with E-state index in [1.807, 2.05) is 6.92 Å². The van der Waals surface area contributed by atoms with E-state index in [0.717, 1.165) is 6.42 Å². The predicted molar refractivity (Wildman–Crippen MR) is 57.0 cm³/mol. The predicted octanol–water partition coefficient (Wildman–Crippen LogP) is 1.54. The van der Waals surface area contributed by atoms with Gasteiger partial charge in [-0.05, 0) is 13.3 Å². The minimum Gasteiger partial charge on any atom is -0.481 e. The van der Waals surface area contributed by atoms with Crippen molar-refractivity contribution in [2.45, 2.75) is 52.1 Å². The van der Waals surface area contributed by atoms with E-state index in [9.17, 15) is 14.4 Å². The molecular weight excluding hydrogens is 212 g/mol. The molecule has 16 heavy (non-hydrogen) atoms. The summed E-state index contributed by atoms with van der Waals surface area (Å²) in [5.74, 6) is -1.63. The zero-order valence-electron chi connectivity index (χ0n) is 9.69. The van der Waals surface area contributed by atoms with Crippen molar-refractivity contribution < 1.29 is 24.2 Å². The summed E-state index contributed by atoms with van der Waals surface area (Å²) in [6.07, 6.45) is 0.483. The zero-order chi connectivity index (χ0) is 12.6. The molecule has 5 heteroatoms. The average molecular weight is 230 g/mol. The number of esters is 1. The van der Waals surface area contributed by atoms with Crippen LogP contribution < -0.4 is 0 Å². The van der Waals surface area contributed by atoms with E-state index in [0.29, 0.717) is 0 Å². The number of Topliss-reactive ketones (excluding diaryl/α,β-unsaturated/α-hetero) is 1. The highest BCUT2D eigenvalue weighted by molar-refractivity contribution is 5.85. The summed E-state index contributed by atoms with van der Waals surface area (Å²) in [5, 5.41) is 8.35.